The summed E-state index contributed by atoms with van der Waals surface area (Å²) in [4.78, 5) is 12.7. The number of rotatable bonds is 6. The highest BCUT2D eigenvalue weighted by Crippen LogP contribution is 2.50. The van der Waals surface area contributed by atoms with Crippen molar-refractivity contribution in [3.05, 3.63) is 39.9 Å². The minimum Gasteiger partial charge on any atom is -0.378 e. The third kappa shape index (κ3) is 4.27. The first kappa shape index (κ1) is 22.0. The third-order valence-electron chi connectivity index (χ3n) is 5.17. The number of nitrogens with one attached hydrogen (secondary N) is 1. The Kier molecular flexibility index (Phi) is 6.86. The molecule has 1 aromatic heterocycles. The molecule has 0 spiro atoms. The first-order valence-electron chi connectivity index (χ1n) is 8.55. The summed E-state index contributed by atoms with van der Waals surface area (Å²) >= 11 is 7.34. The van der Waals surface area contributed by atoms with Crippen molar-refractivity contribution in [2.45, 2.75) is 45.3 Å². The van der Waals surface area contributed by atoms with Gasteiger partial charge in [-0.25, -0.2) is 0 Å². The largest absolute Gasteiger partial charge is 0.378 e. The number of hydrogen-bond acceptors (Lipinski definition) is 6. The third-order valence-corrected chi connectivity index (χ3v) is 6.24. The van der Waals surface area contributed by atoms with Crippen LogP contribution in [-0.4, -0.2) is 34.4 Å². The van der Waals surface area contributed by atoms with Crippen molar-refractivity contribution in [2.24, 2.45) is 11.1 Å². The van der Waals surface area contributed by atoms with Crippen molar-refractivity contribution in [2.75, 3.05) is 11.9 Å². The minimum absolute atomic E-state index is 0. The Morgan fingerprint density at radius 1 is 1.44 bits per heavy atom. The van der Waals surface area contributed by atoms with Crippen LogP contribution in [0.2, 0.25) is 5.02 Å². The number of carbonyl (C=O) groups is 1. The molecule has 1 fully saturated rings. The van der Waals surface area contributed by atoms with Gasteiger partial charge in [-0.3, -0.25) is 10.1 Å². The Morgan fingerprint density at radius 3 is 2.81 bits per heavy atom. The molecule has 1 heterocycles. The van der Waals surface area contributed by atoms with Crippen molar-refractivity contribution in [3.63, 3.8) is 0 Å². The molecule has 3 rings (SSSR count). The lowest BCUT2D eigenvalue weighted by atomic mass is 9.54. The topological polar surface area (TPSA) is 90.1 Å². The zero-order valence-corrected chi connectivity index (χ0v) is 17.9. The van der Waals surface area contributed by atoms with E-state index < -0.39 is 11.0 Å². The van der Waals surface area contributed by atoms with Gasteiger partial charge in [0.1, 0.15) is 10.5 Å². The van der Waals surface area contributed by atoms with Gasteiger partial charge in [0.25, 0.3) is 0 Å². The number of aromatic nitrogens is 2. The summed E-state index contributed by atoms with van der Waals surface area (Å²) in [6, 6.07) is 7.59. The van der Waals surface area contributed by atoms with Crippen LogP contribution < -0.4 is 11.1 Å². The second-order valence-electron chi connectivity index (χ2n) is 7.10. The molecule has 148 valence electrons. The highest BCUT2D eigenvalue weighted by atomic mass is 35.5. The van der Waals surface area contributed by atoms with Gasteiger partial charge in [-0.05, 0) is 24.6 Å². The van der Waals surface area contributed by atoms with Crippen LogP contribution in [0.15, 0.2) is 24.3 Å². The smallest absolute Gasteiger partial charge is 0.247 e. The maximum atomic E-state index is 12.7. The first-order valence-corrected chi connectivity index (χ1v) is 9.74. The monoisotopic (exact) mass is 430 g/mol. The van der Waals surface area contributed by atoms with E-state index in [2.05, 4.69) is 15.5 Å². The van der Waals surface area contributed by atoms with E-state index in [1.807, 2.05) is 45.0 Å². The summed E-state index contributed by atoms with van der Waals surface area (Å²) in [5.74, 6) is -0.246. The predicted molar refractivity (Wildman–Crippen MR) is 111 cm³/mol. The average Bonchev–Trinajstić information content (AvgIpc) is 3.01. The van der Waals surface area contributed by atoms with Crippen molar-refractivity contribution in [1.29, 1.82) is 0 Å². The quantitative estimate of drug-likeness (QED) is 0.729. The number of benzene rings is 1. The molecule has 1 aliphatic carbocycles. The SMILES string of the molecule is CCOC1CC(N)(C(=O)Nc2nnc(Cc3cccc(Cl)c3)s2)C1(C)C.Cl. The maximum absolute atomic E-state index is 12.7. The summed E-state index contributed by atoms with van der Waals surface area (Å²) in [6.07, 6.45) is 1.09. The molecule has 0 radical (unpaired) electrons. The molecule has 2 aromatic rings. The molecule has 6 nitrogen and oxygen atoms in total. The van der Waals surface area contributed by atoms with Crippen molar-refractivity contribution in [1.82, 2.24) is 10.2 Å². The Bertz CT molecular complexity index is 814. The van der Waals surface area contributed by atoms with E-state index in [1.54, 1.807) is 0 Å². The molecule has 0 bridgehead atoms. The van der Waals surface area contributed by atoms with Crippen molar-refractivity contribution < 1.29 is 9.53 Å². The van der Waals surface area contributed by atoms with Gasteiger partial charge in [-0.15, -0.1) is 22.6 Å². The average molecular weight is 431 g/mol. The van der Waals surface area contributed by atoms with Crippen molar-refractivity contribution >= 4 is 46.4 Å². The Morgan fingerprint density at radius 2 is 2.19 bits per heavy atom. The number of amides is 1. The van der Waals surface area contributed by atoms with Gasteiger partial charge in [0, 0.05) is 29.9 Å². The van der Waals surface area contributed by atoms with Gasteiger partial charge >= 0.3 is 0 Å². The summed E-state index contributed by atoms with van der Waals surface area (Å²) in [5.41, 5.74) is 6.01. The molecular weight excluding hydrogens is 407 g/mol. The highest BCUT2D eigenvalue weighted by Gasteiger charge is 2.63. The summed E-state index contributed by atoms with van der Waals surface area (Å²) in [7, 11) is 0. The van der Waals surface area contributed by atoms with E-state index in [4.69, 9.17) is 22.1 Å². The van der Waals surface area contributed by atoms with Gasteiger partial charge in [0.2, 0.25) is 11.0 Å². The van der Waals surface area contributed by atoms with Gasteiger partial charge in [-0.2, -0.15) is 0 Å². The van der Waals surface area contributed by atoms with Crippen LogP contribution in [0.4, 0.5) is 5.13 Å². The first-order chi connectivity index (χ1) is 12.3. The molecule has 1 saturated carbocycles. The number of halogens is 2. The van der Waals surface area contributed by atoms with Gasteiger partial charge in [0.05, 0.1) is 6.10 Å². The molecule has 1 aliphatic rings. The lowest BCUT2D eigenvalue weighted by Crippen LogP contribution is -2.74. The number of ether oxygens (including phenoxy) is 1. The van der Waals surface area contributed by atoms with Gasteiger partial charge in [-0.1, -0.05) is 48.9 Å². The highest BCUT2D eigenvalue weighted by molar-refractivity contribution is 7.15. The predicted octanol–water partition coefficient (Wildman–Crippen LogP) is 3.68. The normalized spacial score (nSPS) is 23.2. The fourth-order valence-corrected chi connectivity index (χ4v) is 4.21. The molecule has 27 heavy (non-hydrogen) atoms. The number of hydrogen-bond donors (Lipinski definition) is 2. The number of nitrogens with two attached hydrogens (primary N) is 1. The maximum Gasteiger partial charge on any atom is 0.247 e. The summed E-state index contributed by atoms with van der Waals surface area (Å²) in [5, 5.41) is 13.0. The van der Waals surface area contributed by atoms with E-state index in [0.717, 1.165) is 10.6 Å². The molecule has 3 N–H and O–H groups in total. The van der Waals surface area contributed by atoms with E-state index in [1.165, 1.54) is 11.3 Å². The van der Waals surface area contributed by atoms with Gasteiger partial charge in [0.15, 0.2) is 0 Å². The molecule has 1 aromatic carbocycles. The molecule has 9 heteroatoms. The molecule has 0 saturated heterocycles. The Labute approximate surface area is 174 Å². The zero-order chi connectivity index (χ0) is 18.9. The van der Waals surface area contributed by atoms with Crippen LogP contribution >= 0.6 is 35.3 Å². The lowest BCUT2D eigenvalue weighted by molar-refractivity contribution is -0.166. The summed E-state index contributed by atoms with van der Waals surface area (Å²) in [6.45, 7) is 6.46. The minimum atomic E-state index is -0.981. The molecular formula is C18H24Cl2N4O2S. The van der Waals surface area contributed by atoms with Crippen LogP contribution in [0.1, 0.15) is 37.8 Å². The zero-order valence-electron chi connectivity index (χ0n) is 15.5. The molecule has 0 aliphatic heterocycles. The summed E-state index contributed by atoms with van der Waals surface area (Å²) < 4.78 is 5.67. The van der Waals surface area contributed by atoms with Crippen LogP contribution in [0.3, 0.4) is 0 Å². The second-order valence-corrected chi connectivity index (χ2v) is 8.60. The van der Waals surface area contributed by atoms with E-state index >= 15 is 0 Å². The molecule has 2 unspecified atom stereocenters. The van der Waals surface area contributed by atoms with E-state index in [-0.39, 0.29) is 24.4 Å². The fraction of sp³-hybridized carbons (Fsp3) is 0.500. The van der Waals surface area contributed by atoms with E-state index in [0.29, 0.717) is 29.6 Å². The Balaban J connectivity index is 0.00000261. The number of anilines is 1. The standard InChI is InChI=1S/C18H23ClN4O2S.ClH/c1-4-25-13-10-18(20,17(13,2)3)15(24)21-16-23-22-14(26-16)9-11-6-5-7-12(19)8-11;/h5-8,13H,4,9-10,20H2,1-3H3,(H,21,23,24);1H. The molecule has 2 atom stereocenters. The van der Waals surface area contributed by atoms with Crippen LogP contribution in [0, 0.1) is 5.41 Å². The van der Waals surface area contributed by atoms with E-state index in [9.17, 15) is 4.79 Å². The lowest BCUT2D eigenvalue weighted by Gasteiger charge is -2.57. The van der Waals surface area contributed by atoms with Crippen molar-refractivity contribution in [3.8, 4) is 0 Å². The van der Waals surface area contributed by atoms with Crippen LogP contribution in [0.5, 0.6) is 0 Å². The Hall–Kier alpha value is -1.25. The second kappa shape index (κ2) is 8.41. The molecule has 1 amide bonds. The van der Waals surface area contributed by atoms with Gasteiger partial charge < -0.3 is 10.5 Å². The van der Waals surface area contributed by atoms with Crippen LogP contribution in [-0.2, 0) is 16.0 Å². The fourth-order valence-electron chi connectivity index (χ4n) is 3.23. The van der Waals surface area contributed by atoms with Crippen LogP contribution in [0.25, 0.3) is 0 Å². The number of carbonyl (C=O) groups excluding carboxylic acids is 1. The number of nitrogens with zero attached hydrogens (tertiary/aromatic N) is 2.